The van der Waals surface area contributed by atoms with Crippen LogP contribution in [0.3, 0.4) is 0 Å². The van der Waals surface area contributed by atoms with Gasteiger partial charge in [-0.1, -0.05) is 18.2 Å². The fraction of sp³-hybridized carbons (Fsp3) is 0.250. The zero-order valence-electron chi connectivity index (χ0n) is 10.8. The van der Waals surface area contributed by atoms with E-state index >= 15 is 0 Å². The van der Waals surface area contributed by atoms with E-state index in [0.717, 1.165) is 31.0 Å². The lowest BCUT2D eigenvalue weighted by atomic mass is 10.3. The molecule has 19 heavy (non-hydrogen) atoms. The Morgan fingerprint density at radius 2 is 1.63 bits per heavy atom. The Morgan fingerprint density at radius 1 is 0.895 bits per heavy atom. The minimum Gasteiger partial charge on any atom is -0.508 e. The highest BCUT2D eigenvalue weighted by Crippen LogP contribution is 2.21. The van der Waals surface area contributed by atoms with Gasteiger partial charge in [0.2, 0.25) is 0 Å². The molecule has 0 radical (unpaired) electrons. The van der Waals surface area contributed by atoms with Gasteiger partial charge >= 0.3 is 0 Å². The highest BCUT2D eigenvalue weighted by molar-refractivity contribution is 7.99. The number of rotatable bonds is 7. The second-order valence-corrected chi connectivity index (χ2v) is 5.38. The molecule has 1 N–H and O–H groups in total. The van der Waals surface area contributed by atoms with E-state index in [1.807, 2.05) is 54.2 Å². The molecular weight excluding hydrogens is 256 g/mol. The van der Waals surface area contributed by atoms with E-state index in [1.165, 1.54) is 4.90 Å². The number of ether oxygens (including phenoxy) is 1. The van der Waals surface area contributed by atoms with Crippen LogP contribution in [0.1, 0.15) is 12.8 Å². The van der Waals surface area contributed by atoms with Gasteiger partial charge in [-0.2, -0.15) is 0 Å². The molecule has 2 aromatic carbocycles. The van der Waals surface area contributed by atoms with Crippen LogP contribution in [0.5, 0.6) is 11.5 Å². The second-order valence-electron chi connectivity index (χ2n) is 4.21. The fourth-order valence-electron chi connectivity index (χ4n) is 1.64. The Bertz CT molecular complexity index is 468. The first-order valence-corrected chi connectivity index (χ1v) is 7.43. The average molecular weight is 274 g/mol. The van der Waals surface area contributed by atoms with Crippen LogP contribution in [0.4, 0.5) is 0 Å². The number of hydrogen-bond acceptors (Lipinski definition) is 3. The van der Waals surface area contributed by atoms with Gasteiger partial charge in [0.1, 0.15) is 11.5 Å². The van der Waals surface area contributed by atoms with Crippen LogP contribution in [-0.4, -0.2) is 17.5 Å². The summed E-state index contributed by atoms with van der Waals surface area (Å²) in [4.78, 5) is 1.20. The Balaban J connectivity index is 1.56. The number of phenols is 1. The summed E-state index contributed by atoms with van der Waals surface area (Å²) >= 11 is 1.81. The van der Waals surface area contributed by atoms with Crippen molar-refractivity contribution in [3.05, 3.63) is 54.6 Å². The highest BCUT2D eigenvalue weighted by atomic mass is 32.2. The number of thioether (sulfide) groups is 1. The van der Waals surface area contributed by atoms with Crippen LogP contribution in [0.15, 0.2) is 59.5 Å². The topological polar surface area (TPSA) is 29.5 Å². The molecule has 2 nitrogen and oxygen atoms in total. The summed E-state index contributed by atoms with van der Waals surface area (Å²) in [6.45, 7) is 0.764. The van der Waals surface area contributed by atoms with Gasteiger partial charge in [0.05, 0.1) is 6.61 Å². The van der Waals surface area contributed by atoms with Crippen LogP contribution in [-0.2, 0) is 0 Å². The Kier molecular flexibility index (Phi) is 5.63. The van der Waals surface area contributed by atoms with E-state index in [4.69, 9.17) is 4.74 Å². The molecule has 100 valence electrons. The number of aromatic hydroxyl groups is 1. The number of phenolic OH excluding ortho intramolecular Hbond substituents is 1. The number of benzene rings is 2. The molecule has 0 atom stereocenters. The normalized spacial score (nSPS) is 10.3. The summed E-state index contributed by atoms with van der Waals surface area (Å²) in [6, 6.07) is 17.2. The highest BCUT2D eigenvalue weighted by Gasteiger charge is 1.96. The van der Waals surface area contributed by atoms with Gasteiger partial charge in [-0.3, -0.25) is 0 Å². The lowest BCUT2D eigenvalue weighted by molar-refractivity contribution is 0.310. The summed E-state index contributed by atoms with van der Waals surface area (Å²) in [7, 11) is 0. The van der Waals surface area contributed by atoms with Crippen LogP contribution in [0.25, 0.3) is 0 Å². The third-order valence-corrected chi connectivity index (χ3v) is 3.75. The van der Waals surface area contributed by atoms with E-state index in [2.05, 4.69) is 0 Å². The molecule has 0 aliphatic rings. The SMILES string of the molecule is Oc1ccc(SCCCCOc2ccccc2)cc1. The van der Waals surface area contributed by atoms with Gasteiger partial charge in [-0.25, -0.2) is 0 Å². The van der Waals surface area contributed by atoms with Crippen LogP contribution >= 0.6 is 11.8 Å². The molecule has 0 spiro atoms. The standard InChI is InChI=1S/C16H18O2S/c17-14-8-10-16(11-9-14)19-13-5-4-12-18-15-6-2-1-3-7-15/h1-3,6-11,17H,4-5,12-13H2. The molecule has 2 rings (SSSR count). The maximum Gasteiger partial charge on any atom is 0.119 e. The van der Waals surface area contributed by atoms with Crippen LogP contribution < -0.4 is 4.74 Å². The maximum absolute atomic E-state index is 9.18. The lowest BCUT2D eigenvalue weighted by Crippen LogP contribution is -1.97. The average Bonchev–Trinajstić information content (AvgIpc) is 2.46. The van der Waals surface area contributed by atoms with E-state index in [0.29, 0.717) is 5.75 Å². The first kappa shape index (κ1) is 13.8. The van der Waals surface area contributed by atoms with Crippen LogP contribution in [0, 0.1) is 0 Å². The molecule has 0 amide bonds. The molecule has 3 heteroatoms. The molecule has 0 fully saturated rings. The zero-order chi connectivity index (χ0) is 13.3. The molecule has 2 aromatic rings. The molecule has 0 aliphatic carbocycles. The Hall–Kier alpha value is -1.61. The molecule has 0 bridgehead atoms. The van der Waals surface area contributed by atoms with Crippen molar-refractivity contribution in [2.24, 2.45) is 0 Å². The Labute approximate surface area is 118 Å². The summed E-state index contributed by atoms with van der Waals surface area (Å²) in [5.41, 5.74) is 0. The van der Waals surface area contributed by atoms with Gasteiger partial charge in [-0.05, 0) is 55.0 Å². The number of para-hydroxylation sites is 1. The van der Waals surface area contributed by atoms with E-state index < -0.39 is 0 Å². The monoisotopic (exact) mass is 274 g/mol. The van der Waals surface area contributed by atoms with Gasteiger partial charge in [0.25, 0.3) is 0 Å². The van der Waals surface area contributed by atoms with E-state index in [9.17, 15) is 5.11 Å². The van der Waals surface area contributed by atoms with Crippen molar-refractivity contribution in [2.45, 2.75) is 17.7 Å². The second kappa shape index (κ2) is 7.74. The molecule has 0 unspecified atom stereocenters. The summed E-state index contributed by atoms with van der Waals surface area (Å²) < 4.78 is 5.63. The first-order chi connectivity index (χ1) is 9.34. The van der Waals surface area contributed by atoms with E-state index in [1.54, 1.807) is 12.1 Å². The molecule has 0 aromatic heterocycles. The summed E-state index contributed by atoms with van der Waals surface area (Å²) in [5.74, 6) is 2.33. The predicted molar refractivity (Wildman–Crippen MR) is 80.0 cm³/mol. The van der Waals surface area contributed by atoms with E-state index in [-0.39, 0.29) is 0 Å². The molecule has 0 saturated heterocycles. The quantitative estimate of drug-likeness (QED) is 0.601. The van der Waals surface area contributed by atoms with Crippen molar-refractivity contribution in [3.63, 3.8) is 0 Å². The molecule has 0 aliphatic heterocycles. The predicted octanol–water partition coefficient (Wildman–Crippen LogP) is 4.34. The van der Waals surface area contributed by atoms with Crippen molar-refractivity contribution < 1.29 is 9.84 Å². The minimum absolute atomic E-state index is 0.320. The molecule has 0 saturated carbocycles. The van der Waals surface area contributed by atoms with Gasteiger partial charge in [-0.15, -0.1) is 11.8 Å². The van der Waals surface area contributed by atoms with Crippen molar-refractivity contribution in [1.29, 1.82) is 0 Å². The summed E-state index contributed by atoms with van der Waals surface area (Å²) in [5, 5.41) is 9.18. The fourth-order valence-corrected chi connectivity index (χ4v) is 2.56. The van der Waals surface area contributed by atoms with Gasteiger partial charge in [0.15, 0.2) is 0 Å². The third-order valence-electron chi connectivity index (χ3n) is 2.66. The number of unbranched alkanes of at least 4 members (excludes halogenated alkanes) is 1. The largest absolute Gasteiger partial charge is 0.508 e. The van der Waals surface area contributed by atoms with Crippen LogP contribution in [0.2, 0.25) is 0 Å². The van der Waals surface area contributed by atoms with Gasteiger partial charge in [0, 0.05) is 4.90 Å². The molecular formula is C16H18O2S. The van der Waals surface area contributed by atoms with Gasteiger partial charge < -0.3 is 9.84 Å². The maximum atomic E-state index is 9.18. The minimum atomic E-state index is 0.320. The van der Waals surface area contributed by atoms with Crippen molar-refractivity contribution in [1.82, 2.24) is 0 Å². The number of hydrogen-bond donors (Lipinski definition) is 1. The summed E-state index contributed by atoms with van der Waals surface area (Å²) in [6.07, 6.45) is 2.18. The smallest absolute Gasteiger partial charge is 0.119 e. The van der Waals surface area contributed by atoms with Crippen molar-refractivity contribution in [3.8, 4) is 11.5 Å². The molecule has 0 heterocycles. The Morgan fingerprint density at radius 3 is 2.37 bits per heavy atom. The third kappa shape index (κ3) is 5.26. The van der Waals surface area contributed by atoms with Crippen molar-refractivity contribution in [2.75, 3.05) is 12.4 Å². The first-order valence-electron chi connectivity index (χ1n) is 6.44. The lowest BCUT2D eigenvalue weighted by Gasteiger charge is -2.05. The van der Waals surface area contributed by atoms with Crippen molar-refractivity contribution >= 4 is 11.8 Å². The zero-order valence-corrected chi connectivity index (χ0v) is 11.6.